The van der Waals surface area contributed by atoms with Crippen LogP contribution in [-0.2, 0) is 9.47 Å². The van der Waals surface area contributed by atoms with E-state index in [2.05, 4.69) is 4.74 Å². The highest BCUT2D eigenvalue weighted by atomic mass is 19.4. The summed E-state index contributed by atoms with van der Waals surface area (Å²) in [4.78, 5) is 14.2. The van der Waals surface area contributed by atoms with Gasteiger partial charge in [0.1, 0.15) is 11.4 Å². The largest absolute Gasteiger partial charge is 0.573 e. The van der Waals surface area contributed by atoms with Crippen LogP contribution < -0.4 is 4.74 Å². The highest BCUT2D eigenvalue weighted by Crippen LogP contribution is 2.34. The normalized spacial score (nSPS) is 22.9. The first-order chi connectivity index (χ1) is 12.5. The Kier molecular flexibility index (Phi) is 5.12. The molecule has 0 saturated carbocycles. The Morgan fingerprint density at radius 2 is 1.81 bits per heavy atom. The number of carbonyl (C=O) groups is 1. The van der Waals surface area contributed by atoms with E-state index >= 15 is 0 Å². The second kappa shape index (κ2) is 7.07. The third-order valence-corrected chi connectivity index (χ3v) is 4.26. The lowest BCUT2D eigenvalue weighted by Crippen LogP contribution is -2.57. The lowest BCUT2D eigenvalue weighted by atomic mass is 9.90. The fraction of sp³-hybridized carbons (Fsp3) is 0.526. The third kappa shape index (κ3) is 4.94. The molecule has 0 N–H and O–H groups in total. The van der Waals surface area contributed by atoms with Crippen molar-refractivity contribution in [3.63, 3.8) is 0 Å². The molecule has 5 nitrogen and oxygen atoms in total. The quantitative estimate of drug-likeness (QED) is 0.758. The standard InChI is InChI=1S/C19H22F3NO4/c1-18(2,3)27-17(24)23-14-8-13(9-15(23)11-25-10-14)12-4-6-16(7-5-12)26-19(20,21)22/h4-8,14-15H,9-11H2,1-3H3. The summed E-state index contributed by atoms with van der Waals surface area (Å²) in [5, 5.41) is 0. The Bertz CT molecular complexity index is 722. The van der Waals surface area contributed by atoms with Gasteiger partial charge in [0.05, 0.1) is 25.3 Å². The van der Waals surface area contributed by atoms with Gasteiger partial charge in [-0.1, -0.05) is 18.2 Å². The molecule has 1 saturated heterocycles. The summed E-state index contributed by atoms with van der Waals surface area (Å²) in [7, 11) is 0. The molecule has 2 aliphatic rings. The molecule has 0 aromatic heterocycles. The molecule has 148 valence electrons. The molecule has 2 heterocycles. The van der Waals surface area contributed by atoms with Gasteiger partial charge in [0.25, 0.3) is 0 Å². The van der Waals surface area contributed by atoms with E-state index in [1.165, 1.54) is 12.1 Å². The molecule has 1 aromatic rings. The van der Waals surface area contributed by atoms with Crippen molar-refractivity contribution >= 4 is 11.7 Å². The Balaban J connectivity index is 1.78. The maximum absolute atomic E-state index is 12.5. The maximum atomic E-state index is 12.5. The van der Waals surface area contributed by atoms with Crippen molar-refractivity contribution in [2.75, 3.05) is 13.2 Å². The number of morpholine rings is 1. The average Bonchev–Trinajstić information content (AvgIpc) is 2.51. The zero-order valence-electron chi connectivity index (χ0n) is 15.4. The number of carbonyl (C=O) groups excluding carboxylic acids is 1. The van der Waals surface area contributed by atoms with Gasteiger partial charge in [-0.15, -0.1) is 13.2 Å². The van der Waals surface area contributed by atoms with Crippen molar-refractivity contribution in [2.24, 2.45) is 0 Å². The first kappa shape index (κ1) is 19.5. The van der Waals surface area contributed by atoms with E-state index in [-0.39, 0.29) is 23.9 Å². The van der Waals surface area contributed by atoms with Crippen LogP contribution in [0.1, 0.15) is 32.8 Å². The zero-order valence-corrected chi connectivity index (χ0v) is 15.4. The molecule has 2 atom stereocenters. The Labute approximate surface area is 155 Å². The highest BCUT2D eigenvalue weighted by molar-refractivity contribution is 5.75. The fourth-order valence-corrected chi connectivity index (χ4v) is 3.28. The number of nitrogens with zero attached hydrogens (tertiary/aromatic N) is 1. The number of alkyl halides is 3. The minimum absolute atomic E-state index is 0.176. The van der Waals surface area contributed by atoms with E-state index in [9.17, 15) is 18.0 Å². The number of fused-ring (bicyclic) bond motifs is 2. The first-order valence-corrected chi connectivity index (χ1v) is 8.68. The van der Waals surface area contributed by atoms with Crippen LogP contribution >= 0.6 is 0 Å². The molecular formula is C19H22F3NO4. The van der Waals surface area contributed by atoms with Gasteiger partial charge in [-0.25, -0.2) is 4.79 Å². The second-order valence-electron chi connectivity index (χ2n) is 7.61. The number of benzene rings is 1. The third-order valence-electron chi connectivity index (χ3n) is 4.26. The molecule has 2 bridgehead atoms. The SMILES string of the molecule is CC(C)(C)OC(=O)N1C2C=C(c3ccc(OC(F)(F)F)cc3)CC1COC2. The van der Waals surface area contributed by atoms with E-state index in [0.29, 0.717) is 19.6 Å². The van der Waals surface area contributed by atoms with Gasteiger partial charge in [-0.05, 0) is 50.5 Å². The highest BCUT2D eigenvalue weighted by Gasteiger charge is 2.40. The monoisotopic (exact) mass is 385 g/mol. The number of amides is 1. The number of hydrogen-bond donors (Lipinski definition) is 0. The molecule has 1 aromatic carbocycles. The molecule has 0 radical (unpaired) electrons. The summed E-state index contributed by atoms with van der Waals surface area (Å²) in [6, 6.07) is 5.31. The predicted molar refractivity (Wildman–Crippen MR) is 92.2 cm³/mol. The molecular weight excluding hydrogens is 363 g/mol. The van der Waals surface area contributed by atoms with Gasteiger partial charge in [0, 0.05) is 0 Å². The van der Waals surface area contributed by atoms with Crippen molar-refractivity contribution in [1.82, 2.24) is 4.90 Å². The molecule has 2 aliphatic heterocycles. The molecule has 0 spiro atoms. The number of rotatable bonds is 2. The summed E-state index contributed by atoms with van der Waals surface area (Å²) in [6.07, 6.45) is -2.65. The van der Waals surface area contributed by atoms with Crippen molar-refractivity contribution in [2.45, 2.75) is 51.2 Å². The minimum atomic E-state index is -4.71. The van der Waals surface area contributed by atoms with E-state index in [0.717, 1.165) is 11.1 Å². The van der Waals surface area contributed by atoms with Crippen LogP contribution in [0.2, 0.25) is 0 Å². The van der Waals surface area contributed by atoms with Crippen LogP contribution in [-0.4, -0.2) is 48.3 Å². The van der Waals surface area contributed by atoms with Crippen LogP contribution in [0.25, 0.3) is 5.57 Å². The fourth-order valence-electron chi connectivity index (χ4n) is 3.28. The van der Waals surface area contributed by atoms with Crippen LogP contribution in [0.4, 0.5) is 18.0 Å². The molecule has 8 heteroatoms. The first-order valence-electron chi connectivity index (χ1n) is 8.68. The second-order valence-corrected chi connectivity index (χ2v) is 7.61. The average molecular weight is 385 g/mol. The number of hydrogen-bond acceptors (Lipinski definition) is 4. The summed E-state index contributed by atoms with van der Waals surface area (Å²) >= 11 is 0. The van der Waals surface area contributed by atoms with Gasteiger partial charge >= 0.3 is 12.5 Å². The van der Waals surface area contributed by atoms with Crippen LogP contribution in [0.15, 0.2) is 30.3 Å². The molecule has 27 heavy (non-hydrogen) atoms. The molecule has 2 unspecified atom stereocenters. The lowest BCUT2D eigenvalue weighted by molar-refractivity contribution is -0.274. The summed E-state index contributed by atoms with van der Waals surface area (Å²) in [5.74, 6) is -0.262. The van der Waals surface area contributed by atoms with Gasteiger partial charge in [0.15, 0.2) is 0 Å². The maximum Gasteiger partial charge on any atom is 0.573 e. The van der Waals surface area contributed by atoms with Crippen LogP contribution in [0.5, 0.6) is 5.75 Å². The minimum Gasteiger partial charge on any atom is -0.444 e. The van der Waals surface area contributed by atoms with Crippen molar-refractivity contribution in [1.29, 1.82) is 0 Å². The predicted octanol–water partition coefficient (Wildman–Crippen LogP) is 4.38. The summed E-state index contributed by atoms with van der Waals surface area (Å²) in [5.41, 5.74) is 1.17. The van der Waals surface area contributed by atoms with E-state index < -0.39 is 12.0 Å². The lowest BCUT2D eigenvalue weighted by Gasteiger charge is -2.44. The van der Waals surface area contributed by atoms with E-state index in [1.54, 1.807) is 17.0 Å². The molecule has 1 amide bonds. The van der Waals surface area contributed by atoms with Gasteiger partial charge < -0.3 is 14.2 Å². The molecule has 3 rings (SSSR count). The number of ether oxygens (including phenoxy) is 3. The van der Waals surface area contributed by atoms with Crippen molar-refractivity contribution < 1.29 is 32.2 Å². The smallest absolute Gasteiger partial charge is 0.444 e. The van der Waals surface area contributed by atoms with Gasteiger partial charge in [-0.2, -0.15) is 0 Å². The van der Waals surface area contributed by atoms with Crippen LogP contribution in [0, 0.1) is 0 Å². The zero-order chi connectivity index (χ0) is 19.8. The van der Waals surface area contributed by atoms with E-state index in [4.69, 9.17) is 9.47 Å². The Morgan fingerprint density at radius 1 is 1.15 bits per heavy atom. The summed E-state index contributed by atoms with van der Waals surface area (Å²) in [6.45, 7) is 6.18. The van der Waals surface area contributed by atoms with Gasteiger partial charge in [-0.3, -0.25) is 4.90 Å². The van der Waals surface area contributed by atoms with E-state index in [1.807, 2.05) is 26.8 Å². The summed E-state index contributed by atoms with van der Waals surface area (Å²) < 4.78 is 51.8. The number of halogens is 3. The van der Waals surface area contributed by atoms with Crippen molar-refractivity contribution in [3.05, 3.63) is 35.9 Å². The topological polar surface area (TPSA) is 48.0 Å². The van der Waals surface area contributed by atoms with Crippen LogP contribution in [0.3, 0.4) is 0 Å². The van der Waals surface area contributed by atoms with Crippen molar-refractivity contribution in [3.8, 4) is 5.75 Å². The Hall–Kier alpha value is -2.22. The Morgan fingerprint density at radius 3 is 2.37 bits per heavy atom. The van der Waals surface area contributed by atoms with Gasteiger partial charge in [0.2, 0.25) is 0 Å². The molecule has 1 fully saturated rings. The molecule has 0 aliphatic carbocycles.